The van der Waals surface area contributed by atoms with Gasteiger partial charge in [0.15, 0.2) is 0 Å². The Labute approximate surface area is 153 Å². The Balaban J connectivity index is 1.92. The summed E-state index contributed by atoms with van der Waals surface area (Å²) in [7, 11) is 0. The van der Waals surface area contributed by atoms with Gasteiger partial charge in [-0.25, -0.2) is 0 Å². The quantitative estimate of drug-likeness (QED) is 0.688. The molecular formula is C23H34NO+. The highest BCUT2D eigenvalue weighted by molar-refractivity contribution is 5.30. The van der Waals surface area contributed by atoms with Crippen LogP contribution in [-0.4, -0.2) is 12.6 Å². The number of rotatable bonds is 9. The first-order valence-corrected chi connectivity index (χ1v) is 9.62. The lowest BCUT2D eigenvalue weighted by Gasteiger charge is -2.22. The lowest BCUT2D eigenvalue weighted by molar-refractivity contribution is -0.693. The minimum absolute atomic E-state index is 0.223. The first-order valence-electron chi connectivity index (χ1n) is 9.62. The average Bonchev–Trinajstić information content (AvgIpc) is 2.59. The average molecular weight is 341 g/mol. The van der Waals surface area contributed by atoms with E-state index >= 15 is 0 Å². The van der Waals surface area contributed by atoms with Crippen molar-refractivity contribution < 1.29 is 10.1 Å². The van der Waals surface area contributed by atoms with E-state index < -0.39 is 0 Å². The molecule has 0 aliphatic rings. The lowest BCUT2D eigenvalue weighted by atomic mass is 9.85. The standard InChI is InChI=1S/C23H33NO/c1-17(2)23(21-11-13-22(14-12-21)25-18(3)4)15-16-24-19(5)20-9-7-6-8-10-20/h6-14,17-19,23-24H,15-16H2,1-5H3/p+1/t19-,23-/m1/s1. The van der Waals surface area contributed by atoms with Crippen molar-refractivity contribution >= 4 is 0 Å². The molecule has 0 saturated heterocycles. The second kappa shape index (κ2) is 9.62. The molecule has 2 N–H and O–H groups in total. The van der Waals surface area contributed by atoms with Crippen molar-refractivity contribution in [2.75, 3.05) is 6.54 Å². The van der Waals surface area contributed by atoms with E-state index in [9.17, 15) is 0 Å². The SMILES string of the molecule is CC(C)Oc1ccc([C@H](CC[NH2+][C@H](C)c2ccccc2)C(C)C)cc1. The molecule has 0 bridgehead atoms. The fraction of sp³-hybridized carbons (Fsp3) is 0.478. The third-order valence-corrected chi connectivity index (χ3v) is 4.81. The fourth-order valence-corrected chi connectivity index (χ4v) is 3.37. The number of nitrogens with two attached hydrogens (primary N) is 1. The molecule has 0 aliphatic heterocycles. The summed E-state index contributed by atoms with van der Waals surface area (Å²) in [5.41, 5.74) is 2.82. The summed E-state index contributed by atoms with van der Waals surface area (Å²) in [4.78, 5) is 0. The van der Waals surface area contributed by atoms with Crippen LogP contribution in [-0.2, 0) is 0 Å². The molecule has 2 heteroatoms. The van der Waals surface area contributed by atoms with E-state index in [1.165, 1.54) is 17.5 Å². The largest absolute Gasteiger partial charge is 0.491 e. The van der Waals surface area contributed by atoms with Gasteiger partial charge in [0, 0.05) is 12.0 Å². The van der Waals surface area contributed by atoms with Gasteiger partial charge < -0.3 is 10.1 Å². The van der Waals surface area contributed by atoms with Gasteiger partial charge in [-0.05, 0) is 50.3 Å². The maximum absolute atomic E-state index is 5.76. The minimum atomic E-state index is 0.223. The maximum atomic E-state index is 5.76. The van der Waals surface area contributed by atoms with Crippen LogP contribution in [0.1, 0.15) is 64.1 Å². The molecule has 2 aromatic rings. The maximum Gasteiger partial charge on any atom is 0.119 e. The highest BCUT2D eigenvalue weighted by Gasteiger charge is 2.18. The molecule has 0 aliphatic carbocycles. The molecule has 0 radical (unpaired) electrons. The van der Waals surface area contributed by atoms with Gasteiger partial charge in [0.2, 0.25) is 0 Å². The van der Waals surface area contributed by atoms with E-state index in [-0.39, 0.29) is 6.10 Å². The van der Waals surface area contributed by atoms with Crippen LogP contribution >= 0.6 is 0 Å². The summed E-state index contributed by atoms with van der Waals surface area (Å²) in [6, 6.07) is 20.0. The van der Waals surface area contributed by atoms with Gasteiger partial charge in [-0.2, -0.15) is 0 Å². The normalized spacial score (nSPS) is 13.9. The molecule has 0 fully saturated rings. The molecule has 0 amide bonds. The van der Waals surface area contributed by atoms with E-state index in [2.05, 4.69) is 94.5 Å². The van der Waals surface area contributed by atoms with Crippen LogP contribution in [0.5, 0.6) is 5.75 Å². The van der Waals surface area contributed by atoms with Crippen molar-refractivity contribution in [1.82, 2.24) is 0 Å². The number of hydrogen-bond donors (Lipinski definition) is 1. The van der Waals surface area contributed by atoms with Gasteiger partial charge in [0.05, 0.1) is 12.6 Å². The van der Waals surface area contributed by atoms with E-state index in [4.69, 9.17) is 4.74 Å². The molecule has 136 valence electrons. The summed E-state index contributed by atoms with van der Waals surface area (Å²) in [5.74, 6) is 2.19. The molecule has 25 heavy (non-hydrogen) atoms. The van der Waals surface area contributed by atoms with Crippen LogP contribution < -0.4 is 10.1 Å². The first kappa shape index (κ1) is 19.5. The number of ether oxygens (including phenoxy) is 1. The Morgan fingerprint density at radius 1 is 0.800 bits per heavy atom. The predicted molar refractivity (Wildman–Crippen MR) is 106 cm³/mol. The monoisotopic (exact) mass is 340 g/mol. The molecule has 0 unspecified atom stereocenters. The molecule has 2 atom stereocenters. The van der Waals surface area contributed by atoms with Crippen molar-refractivity contribution in [1.29, 1.82) is 0 Å². The van der Waals surface area contributed by atoms with Gasteiger partial charge >= 0.3 is 0 Å². The van der Waals surface area contributed by atoms with Crippen LogP contribution in [0.15, 0.2) is 54.6 Å². The Kier molecular flexibility index (Phi) is 7.52. The third-order valence-electron chi connectivity index (χ3n) is 4.81. The van der Waals surface area contributed by atoms with E-state index in [0.29, 0.717) is 17.9 Å². The second-order valence-corrected chi connectivity index (χ2v) is 7.60. The zero-order valence-electron chi connectivity index (χ0n) is 16.4. The molecule has 0 heterocycles. The van der Waals surface area contributed by atoms with Crippen molar-refractivity contribution in [2.45, 2.75) is 59.1 Å². The highest BCUT2D eigenvalue weighted by Crippen LogP contribution is 2.29. The minimum Gasteiger partial charge on any atom is -0.491 e. The van der Waals surface area contributed by atoms with Gasteiger partial charge in [-0.1, -0.05) is 56.3 Å². The summed E-state index contributed by atoms with van der Waals surface area (Å²) in [6.07, 6.45) is 1.42. The fourth-order valence-electron chi connectivity index (χ4n) is 3.37. The Hall–Kier alpha value is -1.80. The molecular weight excluding hydrogens is 306 g/mol. The van der Waals surface area contributed by atoms with Crippen molar-refractivity contribution in [3.05, 3.63) is 65.7 Å². The Morgan fingerprint density at radius 2 is 1.44 bits per heavy atom. The van der Waals surface area contributed by atoms with Crippen LogP contribution in [0.3, 0.4) is 0 Å². The summed E-state index contributed by atoms with van der Waals surface area (Å²) in [5, 5.41) is 2.46. The lowest BCUT2D eigenvalue weighted by Crippen LogP contribution is -2.84. The summed E-state index contributed by atoms with van der Waals surface area (Å²) < 4.78 is 5.76. The van der Waals surface area contributed by atoms with Gasteiger partial charge in [-0.15, -0.1) is 0 Å². The molecule has 2 nitrogen and oxygen atoms in total. The molecule has 2 aromatic carbocycles. The number of quaternary nitrogens is 1. The highest BCUT2D eigenvalue weighted by atomic mass is 16.5. The predicted octanol–water partition coefficient (Wildman–Crippen LogP) is 4.93. The van der Waals surface area contributed by atoms with Crippen LogP contribution in [0, 0.1) is 5.92 Å². The molecule has 2 rings (SSSR count). The van der Waals surface area contributed by atoms with Gasteiger partial charge in [0.25, 0.3) is 0 Å². The van der Waals surface area contributed by atoms with E-state index in [1.54, 1.807) is 0 Å². The van der Waals surface area contributed by atoms with Crippen LogP contribution in [0.4, 0.5) is 0 Å². The van der Waals surface area contributed by atoms with Crippen molar-refractivity contribution in [3.8, 4) is 5.75 Å². The van der Waals surface area contributed by atoms with Gasteiger partial charge in [0.1, 0.15) is 11.8 Å². The molecule has 0 saturated carbocycles. The van der Waals surface area contributed by atoms with E-state index in [1.807, 2.05) is 0 Å². The number of benzene rings is 2. The van der Waals surface area contributed by atoms with Gasteiger partial charge in [-0.3, -0.25) is 0 Å². The summed E-state index contributed by atoms with van der Waals surface area (Å²) >= 11 is 0. The van der Waals surface area contributed by atoms with Crippen molar-refractivity contribution in [3.63, 3.8) is 0 Å². The smallest absolute Gasteiger partial charge is 0.119 e. The Morgan fingerprint density at radius 3 is 2.00 bits per heavy atom. The van der Waals surface area contributed by atoms with E-state index in [0.717, 1.165) is 12.3 Å². The molecule has 0 aromatic heterocycles. The Bertz CT molecular complexity index is 604. The third kappa shape index (κ3) is 6.21. The first-order chi connectivity index (χ1) is 12.0. The zero-order valence-corrected chi connectivity index (χ0v) is 16.4. The number of hydrogen-bond acceptors (Lipinski definition) is 1. The second-order valence-electron chi connectivity index (χ2n) is 7.60. The molecule has 0 spiro atoms. The topological polar surface area (TPSA) is 25.8 Å². The summed E-state index contributed by atoms with van der Waals surface area (Å²) in [6.45, 7) is 12.2. The van der Waals surface area contributed by atoms with Crippen LogP contribution in [0.2, 0.25) is 0 Å². The van der Waals surface area contributed by atoms with Crippen molar-refractivity contribution in [2.24, 2.45) is 5.92 Å². The zero-order chi connectivity index (χ0) is 18.2. The van der Waals surface area contributed by atoms with Crippen LogP contribution in [0.25, 0.3) is 0 Å².